The second kappa shape index (κ2) is 8.59. The number of nitrogens with zero attached hydrogens (tertiary/aromatic N) is 1. The van der Waals surface area contributed by atoms with Crippen LogP contribution >= 0.6 is 0 Å². The van der Waals surface area contributed by atoms with Gasteiger partial charge in [-0.05, 0) is 48.9 Å². The van der Waals surface area contributed by atoms with Gasteiger partial charge in [0.25, 0.3) is 10.0 Å². The average Bonchev–Trinajstić information content (AvgIpc) is 3.18. The van der Waals surface area contributed by atoms with Crippen molar-refractivity contribution in [1.29, 1.82) is 0 Å². The molecule has 4 rings (SSSR count). The highest BCUT2D eigenvalue weighted by Crippen LogP contribution is 2.29. The van der Waals surface area contributed by atoms with E-state index in [9.17, 15) is 8.42 Å². The minimum atomic E-state index is -3.72. The average molecular weight is 422 g/mol. The van der Waals surface area contributed by atoms with Crippen LogP contribution in [0.4, 0.5) is 5.69 Å². The minimum absolute atomic E-state index is 0.181. The largest absolute Gasteiger partial charge is 0.494 e. The molecule has 0 aliphatic carbocycles. The molecule has 0 bridgehead atoms. The Labute approximate surface area is 176 Å². The third kappa shape index (κ3) is 4.31. The summed E-state index contributed by atoms with van der Waals surface area (Å²) < 4.78 is 33.9. The second-order valence-electron chi connectivity index (χ2n) is 6.98. The fourth-order valence-electron chi connectivity index (χ4n) is 3.16. The number of hydrogen-bond donors (Lipinski definition) is 2. The van der Waals surface area contributed by atoms with Crippen LogP contribution in [0.1, 0.15) is 19.8 Å². The number of rotatable bonds is 8. The monoisotopic (exact) mass is 421 g/mol. The highest BCUT2D eigenvalue weighted by Gasteiger charge is 2.16. The molecule has 0 radical (unpaired) electrons. The number of aromatic amines is 1. The van der Waals surface area contributed by atoms with Gasteiger partial charge in [-0.1, -0.05) is 43.7 Å². The summed E-state index contributed by atoms with van der Waals surface area (Å²) in [6, 6.07) is 21.5. The van der Waals surface area contributed by atoms with E-state index in [1.54, 1.807) is 36.4 Å². The maximum atomic E-state index is 12.8. The minimum Gasteiger partial charge on any atom is -0.494 e. The van der Waals surface area contributed by atoms with E-state index in [0.717, 1.165) is 35.0 Å². The lowest BCUT2D eigenvalue weighted by atomic mass is 10.1. The number of anilines is 1. The number of aromatic nitrogens is 2. The summed E-state index contributed by atoms with van der Waals surface area (Å²) in [5, 5.41) is 8.23. The molecule has 1 heterocycles. The lowest BCUT2D eigenvalue weighted by molar-refractivity contribution is 0.309. The van der Waals surface area contributed by atoms with Crippen molar-refractivity contribution in [3.8, 4) is 17.0 Å². The molecule has 154 valence electrons. The van der Waals surface area contributed by atoms with Gasteiger partial charge >= 0.3 is 0 Å². The van der Waals surface area contributed by atoms with E-state index >= 15 is 0 Å². The highest BCUT2D eigenvalue weighted by atomic mass is 32.2. The summed E-state index contributed by atoms with van der Waals surface area (Å²) >= 11 is 0. The molecule has 1 aromatic heterocycles. The molecule has 0 saturated carbocycles. The van der Waals surface area contributed by atoms with E-state index in [2.05, 4.69) is 21.8 Å². The number of benzene rings is 3. The lowest BCUT2D eigenvalue weighted by Gasteiger charge is -2.10. The summed E-state index contributed by atoms with van der Waals surface area (Å²) in [6.07, 6.45) is 2.01. The van der Waals surface area contributed by atoms with E-state index < -0.39 is 10.0 Å². The van der Waals surface area contributed by atoms with E-state index in [1.165, 1.54) is 0 Å². The van der Waals surface area contributed by atoms with E-state index in [1.807, 2.05) is 36.4 Å². The Morgan fingerprint density at radius 2 is 1.77 bits per heavy atom. The van der Waals surface area contributed by atoms with Crippen LogP contribution in [0, 0.1) is 0 Å². The lowest BCUT2D eigenvalue weighted by Crippen LogP contribution is -2.12. The molecule has 7 heteroatoms. The van der Waals surface area contributed by atoms with Crippen LogP contribution in [0.15, 0.2) is 77.7 Å². The maximum Gasteiger partial charge on any atom is 0.261 e. The standard InChI is InChI=1S/C23H23N3O3S/c1-2-3-15-29-19-10-12-20(13-11-19)30(27,28)26-18-9-14-22-21(16-18)23(25-24-22)17-7-5-4-6-8-17/h4-14,16,26H,2-3,15H2,1H3,(H,24,25). The molecule has 0 atom stereocenters. The van der Waals surface area contributed by atoms with Crippen LogP contribution in [0.5, 0.6) is 5.75 Å². The quantitative estimate of drug-likeness (QED) is 0.383. The zero-order chi connectivity index (χ0) is 21.0. The van der Waals surface area contributed by atoms with Gasteiger partial charge in [0.05, 0.1) is 22.7 Å². The number of H-pyrrole nitrogens is 1. The summed E-state index contributed by atoms with van der Waals surface area (Å²) in [5.74, 6) is 0.662. The highest BCUT2D eigenvalue weighted by molar-refractivity contribution is 7.92. The topological polar surface area (TPSA) is 84.1 Å². The van der Waals surface area contributed by atoms with Gasteiger partial charge in [-0.3, -0.25) is 9.82 Å². The number of sulfonamides is 1. The Balaban J connectivity index is 1.57. The first kappa shape index (κ1) is 20.0. The third-order valence-corrected chi connectivity index (χ3v) is 6.16. The molecular weight excluding hydrogens is 398 g/mol. The van der Waals surface area contributed by atoms with Crippen LogP contribution in [0.25, 0.3) is 22.2 Å². The Morgan fingerprint density at radius 3 is 2.50 bits per heavy atom. The zero-order valence-electron chi connectivity index (χ0n) is 16.6. The fraction of sp³-hybridized carbons (Fsp3) is 0.174. The van der Waals surface area contributed by atoms with Crippen LogP contribution in [-0.2, 0) is 10.0 Å². The first-order valence-corrected chi connectivity index (χ1v) is 11.3. The van der Waals surface area contributed by atoms with Gasteiger partial charge in [-0.25, -0.2) is 8.42 Å². The first-order valence-electron chi connectivity index (χ1n) is 9.86. The number of fused-ring (bicyclic) bond motifs is 1. The molecule has 6 nitrogen and oxygen atoms in total. The molecule has 0 aliphatic rings. The van der Waals surface area contributed by atoms with E-state index in [-0.39, 0.29) is 4.90 Å². The molecule has 30 heavy (non-hydrogen) atoms. The van der Waals surface area contributed by atoms with Gasteiger partial charge in [0.2, 0.25) is 0 Å². The van der Waals surface area contributed by atoms with Crippen LogP contribution in [0.3, 0.4) is 0 Å². The second-order valence-corrected chi connectivity index (χ2v) is 8.66. The molecular formula is C23H23N3O3S. The van der Waals surface area contributed by atoms with Crippen molar-refractivity contribution < 1.29 is 13.2 Å². The van der Waals surface area contributed by atoms with E-state index in [0.29, 0.717) is 18.0 Å². The molecule has 4 aromatic rings. The smallest absolute Gasteiger partial charge is 0.261 e. The number of ether oxygens (including phenoxy) is 1. The Hall–Kier alpha value is -3.32. The normalized spacial score (nSPS) is 11.5. The number of unbranched alkanes of at least 4 members (excludes halogenated alkanes) is 1. The third-order valence-electron chi connectivity index (χ3n) is 4.76. The van der Waals surface area contributed by atoms with Crippen molar-refractivity contribution in [3.05, 3.63) is 72.8 Å². The van der Waals surface area contributed by atoms with Gasteiger partial charge in [0.15, 0.2) is 0 Å². The van der Waals surface area contributed by atoms with Gasteiger partial charge in [-0.15, -0.1) is 0 Å². The predicted molar refractivity (Wildman–Crippen MR) is 119 cm³/mol. The summed E-state index contributed by atoms with van der Waals surface area (Å²) in [6.45, 7) is 2.71. The SMILES string of the molecule is CCCCOc1ccc(S(=O)(=O)Nc2ccc3[nH]nc(-c4ccccc4)c3c2)cc1. The predicted octanol–water partition coefficient (Wildman–Crippen LogP) is 5.21. The molecule has 2 N–H and O–H groups in total. The van der Waals surface area contributed by atoms with Crippen molar-refractivity contribution in [2.24, 2.45) is 0 Å². The summed E-state index contributed by atoms with van der Waals surface area (Å²) in [7, 11) is -3.72. The van der Waals surface area contributed by atoms with Crippen LogP contribution in [0.2, 0.25) is 0 Å². The van der Waals surface area contributed by atoms with Crippen molar-refractivity contribution in [3.63, 3.8) is 0 Å². The molecule has 3 aromatic carbocycles. The van der Waals surface area contributed by atoms with Gasteiger partial charge in [0, 0.05) is 16.6 Å². The fourth-order valence-corrected chi connectivity index (χ4v) is 4.21. The molecule has 0 unspecified atom stereocenters. The van der Waals surface area contributed by atoms with Gasteiger partial charge in [-0.2, -0.15) is 5.10 Å². The van der Waals surface area contributed by atoms with Gasteiger partial charge < -0.3 is 4.74 Å². The first-order chi connectivity index (χ1) is 14.6. The Bertz CT molecular complexity index is 1230. The maximum absolute atomic E-state index is 12.8. The van der Waals surface area contributed by atoms with Crippen LogP contribution < -0.4 is 9.46 Å². The Morgan fingerprint density at radius 1 is 1.00 bits per heavy atom. The van der Waals surface area contributed by atoms with E-state index in [4.69, 9.17) is 4.74 Å². The van der Waals surface area contributed by atoms with Crippen molar-refractivity contribution in [2.75, 3.05) is 11.3 Å². The Kier molecular flexibility index (Phi) is 5.72. The van der Waals surface area contributed by atoms with Gasteiger partial charge in [0.1, 0.15) is 5.75 Å². The number of hydrogen-bond acceptors (Lipinski definition) is 4. The molecule has 0 saturated heterocycles. The number of nitrogens with one attached hydrogen (secondary N) is 2. The molecule has 0 amide bonds. The van der Waals surface area contributed by atoms with Crippen molar-refractivity contribution in [1.82, 2.24) is 10.2 Å². The van der Waals surface area contributed by atoms with Crippen molar-refractivity contribution in [2.45, 2.75) is 24.7 Å². The van der Waals surface area contributed by atoms with Crippen LogP contribution in [-0.4, -0.2) is 25.2 Å². The molecule has 0 fully saturated rings. The van der Waals surface area contributed by atoms with Crippen molar-refractivity contribution >= 4 is 26.6 Å². The molecule has 0 aliphatic heterocycles. The zero-order valence-corrected chi connectivity index (χ0v) is 17.4. The molecule has 0 spiro atoms. The summed E-state index contributed by atoms with van der Waals surface area (Å²) in [4.78, 5) is 0.181. The summed E-state index contributed by atoms with van der Waals surface area (Å²) in [5.41, 5.74) is 3.05.